The van der Waals surface area contributed by atoms with Crippen molar-refractivity contribution in [2.75, 3.05) is 6.61 Å². The van der Waals surface area contributed by atoms with E-state index in [1.807, 2.05) is 19.6 Å². The molecule has 0 amide bonds. The van der Waals surface area contributed by atoms with Crippen LogP contribution in [0.4, 0.5) is 0 Å². The number of hydrogen-bond acceptors (Lipinski definition) is 6. The Hall–Kier alpha value is 1.07. The van der Waals surface area contributed by atoms with Crippen molar-refractivity contribution in [3.63, 3.8) is 0 Å². The Morgan fingerprint density at radius 1 is 0.724 bits per heavy atom. The molecule has 0 rings (SSSR count). The Morgan fingerprint density at radius 3 is 1.41 bits per heavy atom. The third-order valence-corrected chi connectivity index (χ3v) is 7.94. The van der Waals surface area contributed by atoms with Gasteiger partial charge in [-0.25, -0.2) is 0 Å². The Bertz CT molecular complexity index is 522. The van der Waals surface area contributed by atoms with Crippen LogP contribution in [0.2, 0.25) is 78.6 Å². The molecule has 0 aliphatic rings. The van der Waals surface area contributed by atoms with Crippen LogP contribution in [0.15, 0.2) is 0 Å². The minimum absolute atomic E-state index is 0.129. The van der Waals surface area contributed by atoms with Gasteiger partial charge in [-0.2, -0.15) is 0 Å². The summed E-state index contributed by atoms with van der Waals surface area (Å²) in [6, 6.07) is 0. The Morgan fingerprint density at radius 2 is 1.10 bits per heavy atom. The lowest BCUT2D eigenvalue weighted by atomic mass is 10.0. The molecule has 174 valence electrons. The standard InChI is InChI=1S/C18H43IO6Si4/c1-26(2,3)22-13-14(20)15(23-27(4,5)6)16(24-28(7,8)9)17(18(19)21)25-29(10,11)12/h14-17,20H,13H2,1-12H3/t14-,15-,16+,17-/m1/s1. The lowest BCUT2D eigenvalue weighted by molar-refractivity contribution is -0.130. The Kier molecular flexibility index (Phi) is 11.7. The zero-order valence-electron chi connectivity index (χ0n) is 20.4. The predicted octanol–water partition coefficient (Wildman–Crippen LogP) is 4.82. The van der Waals surface area contributed by atoms with Gasteiger partial charge < -0.3 is 22.8 Å². The van der Waals surface area contributed by atoms with Crippen molar-refractivity contribution in [1.29, 1.82) is 0 Å². The fraction of sp³-hybridized carbons (Fsp3) is 0.944. The smallest absolute Gasteiger partial charge is 0.222 e. The minimum Gasteiger partial charge on any atom is -0.415 e. The number of rotatable bonds is 13. The molecule has 29 heavy (non-hydrogen) atoms. The van der Waals surface area contributed by atoms with E-state index in [9.17, 15) is 9.90 Å². The van der Waals surface area contributed by atoms with Crippen molar-refractivity contribution >= 4 is 59.7 Å². The second-order valence-electron chi connectivity index (χ2n) is 11.3. The Labute approximate surface area is 196 Å². The van der Waals surface area contributed by atoms with Crippen molar-refractivity contribution in [3.05, 3.63) is 0 Å². The molecule has 0 heterocycles. The van der Waals surface area contributed by atoms with Gasteiger partial charge in [0, 0.05) is 22.6 Å². The SMILES string of the molecule is C[Si](C)(C)OC[C@@H](O)[C@@H](O[Si](C)(C)C)[C@H](O[Si](C)(C)C)[C@@H](O[Si](C)(C)C)C(=O)I. The molecular formula is C18H43IO6Si4. The van der Waals surface area contributed by atoms with E-state index < -0.39 is 57.7 Å². The van der Waals surface area contributed by atoms with Crippen molar-refractivity contribution in [3.8, 4) is 0 Å². The monoisotopic (exact) mass is 594 g/mol. The van der Waals surface area contributed by atoms with Crippen molar-refractivity contribution in [1.82, 2.24) is 0 Å². The summed E-state index contributed by atoms with van der Waals surface area (Å²) in [5.41, 5.74) is 0. The molecule has 0 fully saturated rings. The van der Waals surface area contributed by atoms with Gasteiger partial charge in [-0.05, 0) is 78.6 Å². The maximum absolute atomic E-state index is 12.6. The molecule has 1 N–H and O–H groups in total. The number of halogens is 1. The average Bonchev–Trinajstić information content (AvgIpc) is 2.42. The quantitative estimate of drug-likeness (QED) is 0.187. The first kappa shape index (κ1) is 30.1. The zero-order valence-corrected chi connectivity index (χ0v) is 26.5. The summed E-state index contributed by atoms with van der Waals surface area (Å²) in [5, 5.41) is 11.1. The van der Waals surface area contributed by atoms with Crippen LogP contribution in [-0.2, 0) is 22.5 Å². The van der Waals surface area contributed by atoms with Crippen LogP contribution in [0.25, 0.3) is 0 Å². The molecule has 0 aromatic carbocycles. The second kappa shape index (κ2) is 11.3. The first-order valence-electron chi connectivity index (χ1n) is 10.2. The fourth-order valence-corrected chi connectivity index (χ4v) is 7.11. The highest BCUT2D eigenvalue weighted by Crippen LogP contribution is 2.27. The molecule has 0 unspecified atom stereocenters. The molecule has 0 saturated heterocycles. The highest BCUT2D eigenvalue weighted by Gasteiger charge is 2.45. The summed E-state index contributed by atoms with van der Waals surface area (Å²) in [4.78, 5) is 12.6. The van der Waals surface area contributed by atoms with Crippen LogP contribution >= 0.6 is 22.6 Å². The summed E-state index contributed by atoms with van der Waals surface area (Å²) >= 11 is 1.78. The van der Waals surface area contributed by atoms with E-state index in [1.54, 1.807) is 22.6 Å². The lowest BCUT2D eigenvalue weighted by Crippen LogP contribution is -2.59. The van der Waals surface area contributed by atoms with Crippen LogP contribution in [0.1, 0.15) is 0 Å². The fourth-order valence-electron chi connectivity index (χ4n) is 2.54. The molecule has 0 spiro atoms. The largest absolute Gasteiger partial charge is 0.415 e. The number of carbonyl (C=O) groups is 1. The summed E-state index contributed by atoms with van der Waals surface area (Å²) < 4.78 is 25.0. The molecule has 0 aliphatic carbocycles. The van der Waals surface area contributed by atoms with Gasteiger partial charge in [0.25, 0.3) is 0 Å². The van der Waals surface area contributed by atoms with Crippen LogP contribution in [0.5, 0.6) is 0 Å². The van der Waals surface area contributed by atoms with E-state index in [1.165, 1.54) is 0 Å². The van der Waals surface area contributed by atoms with Gasteiger partial charge in [0.15, 0.2) is 33.3 Å². The summed E-state index contributed by atoms with van der Waals surface area (Å²) in [6.07, 6.45) is -3.05. The topological polar surface area (TPSA) is 74.2 Å². The average molecular weight is 595 g/mol. The first-order chi connectivity index (χ1) is 12.6. The van der Waals surface area contributed by atoms with Gasteiger partial charge in [0.1, 0.15) is 24.4 Å². The number of hydrogen-bond donors (Lipinski definition) is 1. The van der Waals surface area contributed by atoms with Crippen LogP contribution < -0.4 is 0 Å². The van der Waals surface area contributed by atoms with Gasteiger partial charge in [-0.15, -0.1) is 0 Å². The molecule has 11 heteroatoms. The maximum atomic E-state index is 12.6. The molecule has 6 nitrogen and oxygen atoms in total. The molecule has 0 bridgehead atoms. The van der Waals surface area contributed by atoms with Gasteiger partial charge in [-0.3, -0.25) is 4.79 Å². The molecule has 0 aromatic heterocycles. The maximum Gasteiger partial charge on any atom is 0.222 e. The van der Waals surface area contributed by atoms with E-state index in [2.05, 4.69) is 58.9 Å². The third kappa shape index (κ3) is 14.7. The van der Waals surface area contributed by atoms with E-state index >= 15 is 0 Å². The molecule has 0 aliphatic heterocycles. The van der Waals surface area contributed by atoms with Crippen molar-refractivity contribution < 1.29 is 27.6 Å². The highest BCUT2D eigenvalue weighted by atomic mass is 127. The Balaban J connectivity index is 6.13. The van der Waals surface area contributed by atoms with E-state index in [0.29, 0.717) is 0 Å². The predicted molar refractivity (Wildman–Crippen MR) is 139 cm³/mol. The van der Waals surface area contributed by atoms with Crippen molar-refractivity contribution in [2.24, 2.45) is 0 Å². The number of carbonyl (C=O) groups excluding carboxylic acids is 1. The molecule has 0 radical (unpaired) electrons. The zero-order chi connectivity index (χ0) is 23.4. The highest BCUT2D eigenvalue weighted by molar-refractivity contribution is 14.1. The van der Waals surface area contributed by atoms with Crippen LogP contribution in [0, 0.1) is 0 Å². The second-order valence-corrected chi connectivity index (χ2v) is 30.3. The number of aliphatic hydroxyl groups is 1. The van der Waals surface area contributed by atoms with E-state index in [4.69, 9.17) is 17.7 Å². The van der Waals surface area contributed by atoms with Crippen LogP contribution in [0.3, 0.4) is 0 Å². The lowest BCUT2D eigenvalue weighted by Gasteiger charge is -2.42. The first-order valence-corrected chi connectivity index (χ1v) is 24.9. The van der Waals surface area contributed by atoms with E-state index in [-0.39, 0.29) is 10.4 Å². The summed E-state index contributed by atoms with van der Waals surface area (Å²) in [6.45, 7) is 24.9. The number of aliphatic hydroxyl groups excluding tert-OH is 1. The van der Waals surface area contributed by atoms with Crippen LogP contribution in [-0.4, -0.2) is 73.2 Å². The van der Waals surface area contributed by atoms with Gasteiger partial charge >= 0.3 is 0 Å². The minimum atomic E-state index is -2.08. The summed E-state index contributed by atoms with van der Waals surface area (Å²) in [5.74, 6) is 0. The van der Waals surface area contributed by atoms with E-state index in [0.717, 1.165) is 0 Å². The van der Waals surface area contributed by atoms with Gasteiger partial charge in [0.05, 0.1) is 6.61 Å². The molecule has 0 aromatic rings. The molecule has 4 atom stereocenters. The third-order valence-electron chi connectivity index (χ3n) is 3.37. The normalized spacial score (nSPS) is 18.3. The van der Waals surface area contributed by atoms with Crippen molar-refractivity contribution in [2.45, 2.75) is 103 Å². The summed E-state index contributed by atoms with van der Waals surface area (Å²) in [7, 11) is -8.01. The van der Waals surface area contributed by atoms with Gasteiger partial charge in [-0.1, -0.05) is 0 Å². The molecular weight excluding hydrogens is 551 g/mol. The van der Waals surface area contributed by atoms with Gasteiger partial charge in [0.2, 0.25) is 3.79 Å². The molecule has 0 saturated carbocycles.